The van der Waals surface area contributed by atoms with Gasteiger partial charge in [0.15, 0.2) is 0 Å². The Morgan fingerprint density at radius 2 is 1.56 bits per heavy atom. The van der Waals surface area contributed by atoms with E-state index in [2.05, 4.69) is 26.0 Å². The van der Waals surface area contributed by atoms with E-state index < -0.39 is 24.0 Å². The average Bonchev–Trinajstić information content (AvgIpc) is 2.58. The normalized spacial score (nSPS) is 17.0. The molecule has 1 fully saturated rings. The lowest BCUT2D eigenvalue weighted by atomic mass is 9.95. The van der Waals surface area contributed by atoms with Crippen LogP contribution in [0.2, 0.25) is 0 Å². The lowest BCUT2D eigenvalue weighted by Crippen LogP contribution is -2.45. The molecule has 3 rings (SSSR count). The molecule has 0 saturated carbocycles. The number of nitrogens with zero attached hydrogens (tertiary/aromatic N) is 1. The zero-order valence-corrected chi connectivity index (χ0v) is 15.6. The van der Waals surface area contributed by atoms with E-state index in [1.807, 2.05) is 4.90 Å². The van der Waals surface area contributed by atoms with E-state index in [4.69, 9.17) is 0 Å². The number of alkyl halides is 3. The quantitative estimate of drug-likeness (QED) is 0.687. The number of ether oxygens (including phenoxy) is 1. The van der Waals surface area contributed by atoms with Gasteiger partial charge < -0.3 is 10.1 Å². The molecule has 2 aromatic rings. The third kappa shape index (κ3) is 4.97. The molecule has 146 valence electrons. The Morgan fingerprint density at radius 3 is 2.07 bits per heavy atom. The molecule has 1 N–H and O–H groups in total. The summed E-state index contributed by atoms with van der Waals surface area (Å²) >= 11 is 3.06. The van der Waals surface area contributed by atoms with Gasteiger partial charge in [-0.3, -0.25) is 4.90 Å². The fourth-order valence-electron chi connectivity index (χ4n) is 3.17. The molecule has 0 spiro atoms. The summed E-state index contributed by atoms with van der Waals surface area (Å²) < 4.78 is 70.5. The van der Waals surface area contributed by atoms with Crippen molar-refractivity contribution < 1.29 is 26.7 Å². The highest BCUT2D eigenvalue weighted by atomic mass is 79.9. The minimum Gasteiger partial charge on any atom is -0.406 e. The first kappa shape index (κ1) is 20.0. The van der Waals surface area contributed by atoms with Crippen molar-refractivity contribution in [3.8, 4) is 5.75 Å². The Hall–Kier alpha value is -1.71. The van der Waals surface area contributed by atoms with Gasteiger partial charge in [-0.05, 0) is 29.8 Å². The standard InChI is InChI=1S/C18H16BrF5N2O/c19-12-9-14(20)16(15(21)10-12)17(26-7-5-25-6-8-26)11-1-3-13(4-2-11)27-18(22,23)24/h1-4,9-10,17,25H,5-8H2/t17-/m1/s1. The van der Waals surface area contributed by atoms with Crippen LogP contribution in [-0.2, 0) is 0 Å². The second-order valence-corrected chi connectivity index (χ2v) is 7.00. The van der Waals surface area contributed by atoms with Crippen LogP contribution in [0.4, 0.5) is 22.0 Å². The molecule has 9 heteroatoms. The molecule has 1 aliphatic rings. The molecule has 27 heavy (non-hydrogen) atoms. The molecule has 0 aliphatic carbocycles. The van der Waals surface area contributed by atoms with Gasteiger partial charge in [-0.1, -0.05) is 28.1 Å². The first-order valence-corrected chi connectivity index (χ1v) is 8.99. The maximum absolute atomic E-state index is 14.6. The highest BCUT2D eigenvalue weighted by Crippen LogP contribution is 2.35. The SMILES string of the molecule is Fc1cc(Br)cc(F)c1[C@@H](c1ccc(OC(F)(F)F)cc1)N1CCNCC1. The van der Waals surface area contributed by atoms with Gasteiger partial charge in [-0.25, -0.2) is 8.78 Å². The highest BCUT2D eigenvalue weighted by Gasteiger charge is 2.32. The van der Waals surface area contributed by atoms with Crippen molar-refractivity contribution in [3.63, 3.8) is 0 Å². The minimum absolute atomic E-state index is 0.135. The number of halogens is 6. The smallest absolute Gasteiger partial charge is 0.406 e. The fraction of sp³-hybridized carbons (Fsp3) is 0.333. The average molecular weight is 451 g/mol. The van der Waals surface area contributed by atoms with E-state index in [9.17, 15) is 22.0 Å². The zero-order valence-electron chi connectivity index (χ0n) is 14.0. The van der Waals surface area contributed by atoms with E-state index in [-0.39, 0.29) is 15.8 Å². The molecule has 1 heterocycles. The first-order chi connectivity index (χ1) is 12.7. The molecule has 0 unspecified atom stereocenters. The third-order valence-corrected chi connectivity index (χ3v) is 4.72. The molecule has 1 atom stereocenters. The Morgan fingerprint density at radius 1 is 1.00 bits per heavy atom. The van der Waals surface area contributed by atoms with Crippen LogP contribution in [0.5, 0.6) is 5.75 Å². The zero-order chi connectivity index (χ0) is 19.6. The third-order valence-electron chi connectivity index (χ3n) is 4.26. The van der Waals surface area contributed by atoms with Gasteiger partial charge in [0.05, 0.1) is 6.04 Å². The van der Waals surface area contributed by atoms with Gasteiger partial charge in [0.2, 0.25) is 0 Å². The van der Waals surface area contributed by atoms with Crippen molar-refractivity contribution in [2.24, 2.45) is 0 Å². The van der Waals surface area contributed by atoms with Crippen molar-refractivity contribution in [2.45, 2.75) is 12.4 Å². The Labute approximate surface area is 161 Å². The molecule has 1 saturated heterocycles. The number of nitrogens with one attached hydrogen (secondary N) is 1. The molecule has 3 nitrogen and oxygen atoms in total. The van der Waals surface area contributed by atoms with E-state index in [0.717, 1.165) is 12.1 Å². The predicted octanol–water partition coefficient (Wildman–Crippen LogP) is 4.62. The highest BCUT2D eigenvalue weighted by molar-refractivity contribution is 9.10. The van der Waals surface area contributed by atoms with Gasteiger partial charge in [0.25, 0.3) is 0 Å². The van der Waals surface area contributed by atoms with Gasteiger partial charge in [0.1, 0.15) is 17.4 Å². The topological polar surface area (TPSA) is 24.5 Å². The summed E-state index contributed by atoms with van der Waals surface area (Å²) in [6.07, 6.45) is -4.80. The summed E-state index contributed by atoms with van der Waals surface area (Å²) in [5, 5.41) is 3.16. The fourth-order valence-corrected chi connectivity index (χ4v) is 3.57. The number of benzene rings is 2. The largest absolute Gasteiger partial charge is 0.573 e. The summed E-state index contributed by atoms with van der Waals surface area (Å²) in [6, 6.07) is 6.67. The Balaban J connectivity index is 2.00. The van der Waals surface area contributed by atoms with Crippen LogP contribution < -0.4 is 10.1 Å². The molecule has 0 bridgehead atoms. The summed E-state index contributed by atoms with van der Waals surface area (Å²) in [4.78, 5) is 1.89. The molecule has 2 aromatic carbocycles. The van der Waals surface area contributed by atoms with Crippen molar-refractivity contribution in [3.05, 3.63) is 63.6 Å². The Kier molecular flexibility index (Phi) is 6.02. The maximum atomic E-state index is 14.6. The molecular formula is C18H16BrF5N2O. The van der Waals surface area contributed by atoms with Crippen molar-refractivity contribution in [1.29, 1.82) is 0 Å². The van der Waals surface area contributed by atoms with Gasteiger partial charge in [-0.15, -0.1) is 13.2 Å². The molecule has 1 aliphatic heterocycles. The number of hydrogen-bond acceptors (Lipinski definition) is 3. The second kappa shape index (κ2) is 8.12. The van der Waals surface area contributed by atoms with Crippen LogP contribution >= 0.6 is 15.9 Å². The van der Waals surface area contributed by atoms with Gasteiger partial charge in [-0.2, -0.15) is 0 Å². The number of rotatable bonds is 4. The Bertz CT molecular complexity index is 768. The molecule has 0 amide bonds. The first-order valence-electron chi connectivity index (χ1n) is 8.19. The van der Waals surface area contributed by atoms with Crippen LogP contribution in [0.3, 0.4) is 0 Å². The number of piperazine rings is 1. The van der Waals surface area contributed by atoms with Crippen LogP contribution in [0.1, 0.15) is 17.2 Å². The lowest BCUT2D eigenvalue weighted by molar-refractivity contribution is -0.274. The van der Waals surface area contributed by atoms with Gasteiger partial charge >= 0.3 is 6.36 Å². The molecule has 0 radical (unpaired) electrons. The van der Waals surface area contributed by atoms with Gasteiger partial charge in [0, 0.05) is 36.2 Å². The maximum Gasteiger partial charge on any atom is 0.573 e. The van der Waals surface area contributed by atoms with E-state index in [0.29, 0.717) is 31.7 Å². The van der Waals surface area contributed by atoms with E-state index in [1.54, 1.807) is 0 Å². The van der Waals surface area contributed by atoms with Crippen molar-refractivity contribution in [1.82, 2.24) is 10.2 Å². The summed E-state index contributed by atoms with van der Waals surface area (Å²) in [6.45, 7) is 2.37. The second-order valence-electron chi connectivity index (χ2n) is 6.09. The summed E-state index contributed by atoms with van der Waals surface area (Å²) in [7, 11) is 0. The molecule has 0 aromatic heterocycles. The van der Waals surface area contributed by atoms with E-state index in [1.165, 1.54) is 24.3 Å². The van der Waals surface area contributed by atoms with Crippen molar-refractivity contribution >= 4 is 15.9 Å². The van der Waals surface area contributed by atoms with E-state index >= 15 is 0 Å². The van der Waals surface area contributed by atoms with Crippen LogP contribution in [0.15, 0.2) is 40.9 Å². The molecular weight excluding hydrogens is 435 g/mol. The minimum atomic E-state index is -4.80. The van der Waals surface area contributed by atoms with Crippen LogP contribution in [0.25, 0.3) is 0 Å². The van der Waals surface area contributed by atoms with Crippen LogP contribution in [-0.4, -0.2) is 37.4 Å². The summed E-state index contributed by atoms with van der Waals surface area (Å²) in [5.74, 6) is -1.83. The monoisotopic (exact) mass is 450 g/mol. The lowest BCUT2D eigenvalue weighted by Gasteiger charge is -2.36. The predicted molar refractivity (Wildman–Crippen MR) is 93.5 cm³/mol. The van der Waals surface area contributed by atoms with Crippen molar-refractivity contribution in [2.75, 3.05) is 26.2 Å². The number of hydrogen-bond donors (Lipinski definition) is 1. The summed E-state index contributed by atoms with van der Waals surface area (Å²) in [5.41, 5.74) is 0.344. The van der Waals surface area contributed by atoms with Crippen LogP contribution in [0, 0.1) is 11.6 Å².